The van der Waals surface area contributed by atoms with E-state index in [0.29, 0.717) is 12.1 Å². The van der Waals surface area contributed by atoms with Crippen LogP contribution >= 0.6 is 35.6 Å². The van der Waals surface area contributed by atoms with Crippen molar-refractivity contribution in [2.45, 2.75) is 31.3 Å². The molecule has 1 aromatic rings. The van der Waals surface area contributed by atoms with E-state index in [1.165, 1.54) is 19.4 Å². The molecule has 0 aliphatic carbocycles. The van der Waals surface area contributed by atoms with E-state index in [1.807, 2.05) is 25.2 Å². The lowest BCUT2D eigenvalue weighted by molar-refractivity contribution is 0.309. The van der Waals surface area contributed by atoms with Gasteiger partial charge < -0.3 is 25.2 Å². The molecule has 0 spiro atoms. The van der Waals surface area contributed by atoms with Gasteiger partial charge in [-0.1, -0.05) is 11.6 Å². The van der Waals surface area contributed by atoms with Crippen molar-refractivity contribution < 1.29 is 4.74 Å². The van der Waals surface area contributed by atoms with Crippen molar-refractivity contribution >= 4 is 47.2 Å². The molecule has 3 rings (SSSR count). The summed E-state index contributed by atoms with van der Waals surface area (Å²) < 4.78 is 5.49. The average molecular weight is 508 g/mol. The predicted octanol–water partition coefficient (Wildman–Crippen LogP) is 2.80. The summed E-state index contributed by atoms with van der Waals surface area (Å²) in [6.45, 7) is 4.00. The predicted molar refractivity (Wildman–Crippen MR) is 124 cm³/mol. The Morgan fingerprint density at radius 1 is 1.33 bits per heavy atom. The highest BCUT2D eigenvalue weighted by Crippen LogP contribution is 2.33. The smallest absolute Gasteiger partial charge is 0.191 e. The Hall–Kier alpha value is -0.930. The number of benzene rings is 1. The quantitative estimate of drug-likeness (QED) is 0.365. The number of nitrogens with one attached hydrogen (secondary N) is 2. The van der Waals surface area contributed by atoms with Crippen molar-refractivity contribution in [1.82, 2.24) is 15.5 Å². The van der Waals surface area contributed by atoms with Crippen LogP contribution in [0, 0.1) is 0 Å². The van der Waals surface area contributed by atoms with E-state index in [2.05, 4.69) is 32.5 Å². The fourth-order valence-corrected chi connectivity index (χ4v) is 4.01. The second-order valence-electron chi connectivity index (χ2n) is 7.12. The zero-order chi connectivity index (χ0) is 18.5. The molecule has 0 saturated carbocycles. The fraction of sp³-hybridized carbons (Fsp3) is 0.632. The Labute approximate surface area is 184 Å². The minimum Gasteiger partial charge on any atom is -0.495 e. The van der Waals surface area contributed by atoms with Crippen molar-refractivity contribution in [1.29, 1.82) is 0 Å². The summed E-state index contributed by atoms with van der Waals surface area (Å²) in [7, 11) is 5.73. The van der Waals surface area contributed by atoms with Crippen LogP contribution in [0.5, 0.6) is 5.75 Å². The van der Waals surface area contributed by atoms with Crippen LogP contribution in [0.2, 0.25) is 5.02 Å². The third-order valence-electron chi connectivity index (χ3n) is 5.41. The highest BCUT2D eigenvalue weighted by molar-refractivity contribution is 14.0. The topological polar surface area (TPSA) is 52.1 Å². The summed E-state index contributed by atoms with van der Waals surface area (Å²) in [5, 5.41) is 7.78. The van der Waals surface area contributed by atoms with Crippen molar-refractivity contribution in [2.24, 2.45) is 4.99 Å². The highest BCUT2D eigenvalue weighted by atomic mass is 127. The minimum absolute atomic E-state index is 0. The van der Waals surface area contributed by atoms with Gasteiger partial charge in [0.2, 0.25) is 0 Å². The Bertz CT molecular complexity index is 645. The van der Waals surface area contributed by atoms with Gasteiger partial charge in [0.25, 0.3) is 0 Å². The second-order valence-corrected chi connectivity index (χ2v) is 7.56. The van der Waals surface area contributed by atoms with Crippen LogP contribution in [0.25, 0.3) is 0 Å². The Balaban J connectivity index is 0.00000261. The van der Waals surface area contributed by atoms with Crippen LogP contribution in [-0.2, 0) is 0 Å². The van der Waals surface area contributed by atoms with Gasteiger partial charge in [0.1, 0.15) is 5.75 Å². The number of ether oxygens (including phenoxy) is 1. The maximum Gasteiger partial charge on any atom is 0.191 e. The number of hydrogen-bond acceptors (Lipinski definition) is 4. The molecule has 2 saturated heterocycles. The zero-order valence-electron chi connectivity index (χ0n) is 16.4. The molecule has 0 amide bonds. The molecular weight excluding hydrogens is 477 g/mol. The number of hydrogen-bond donors (Lipinski definition) is 2. The first kappa shape index (κ1) is 22.4. The van der Waals surface area contributed by atoms with E-state index in [9.17, 15) is 0 Å². The lowest BCUT2D eigenvalue weighted by atomic mass is 10.2. The van der Waals surface area contributed by atoms with Crippen LogP contribution in [0.15, 0.2) is 23.2 Å². The molecule has 27 heavy (non-hydrogen) atoms. The van der Waals surface area contributed by atoms with E-state index in [1.54, 1.807) is 7.11 Å². The lowest BCUT2D eigenvalue weighted by Gasteiger charge is -2.24. The summed E-state index contributed by atoms with van der Waals surface area (Å²) in [5.41, 5.74) is 1.06. The standard InChI is InChI=1S/C19H30ClN5O.HI/c1-21-19(22-12-16-5-4-9-24(16)2)23-15-8-10-25(13-15)17-11-14(20)6-7-18(17)26-3;/h6-7,11,15-16H,4-5,8-10,12-13H2,1-3H3,(H2,21,22,23);1H. The van der Waals surface area contributed by atoms with Gasteiger partial charge in [-0.15, -0.1) is 24.0 Å². The van der Waals surface area contributed by atoms with Gasteiger partial charge in [0.05, 0.1) is 12.8 Å². The summed E-state index contributed by atoms with van der Waals surface area (Å²) in [6, 6.07) is 6.72. The van der Waals surface area contributed by atoms with Gasteiger partial charge >= 0.3 is 0 Å². The molecular formula is C19H31ClIN5O. The Kier molecular flexibility index (Phi) is 8.75. The SMILES string of the molecule is CN=C(NCC1CCCN1C)NC1CCN(c2cc(Cl)ccc2OC)C1.I. The molecule has 8 heteroatoms. The van der Waals surface area contributed by atoms with Crippen LogP contribution in [0.1, 0.15) is 19.3 Å². The van der Waals surface area contributed by atoms with Crippen LogP contribution in [0.3, 0.4) is 0 Å². The molecule has 2 aliphatic heterocycles. The Morgan fingerprint density at radius 2 is 2.15 bits per heavy atom. The van der Waals surface area contributed by atoms with Gasteiger partial charge in [0, 0.05) is 43.8 Å². The molecule has 0 aromatic heterocycles. The maximum absolute atomic E-state index is 6.18. The van der Waals surface area contributed by atoms with Gasteiger partial charge in [0.15, 0.2) is 5.96 Å². The third kappa shape index (κ3) is 5.77. The van der Waals surface area contributed by atoms with Crippen LogP contribution < -0.4 is 20.3 Å². The number of rotatable bonds is 5. The summed E-state index contributed by atoms with van der Waals surface area (Å²) in [4.78, 5) is 9.13. The fourth-order valence-electron chi connectivity index (χ4n) is 3.85. The summed E-state index contributed by atoms with van der Waals surface area (Å²) in [5.74, 6) is 1.75. The average Bonchev–Trinajstić information content (AvgIpc) is 3.27. The third-order valence-corrected chi connectivity index (χ3v) is 5.65. The molecule has 152 valence electrons. The molecule has 2 N–H and O–H groups in total. The number of guanidine groups is 1. The number of aliphatic imine (C=N–C) groups is 1. The lowest BCUT2D eigenvalue weighted by Crippen LogP contribution is -2.48. The molecule has 6 nitrogen and oxygen atoms in total. The first-order valence-corrected chi connectivity index (χ1v) is 9.74. The molecule has 0 radical (unpaired) electrons. The number of methoxy groups -OCH3 is 1. The maximum atomic E-state index is 6.18. The first-order chi connectivity index (χ1) is 12.6. The number of nitrogens with zero attached hydrogens (tertiary/aromatic N) is 3. The number of halogens is 2. The van der Waals surface area contributed by atoms with E-state index in [0.717, 1.165) is 48.5 Å². The van der Waals surface area contributed by atoms with E-state index < -0.39 is 0 Å². The molecule has 1 aromatic carbocycles. The van der Waals surface area contributed by atoms with Gasteiger partial charge in [-0.3, -0.25) is 4.99 Å². The van der Waals surface area contributed by atoms with E-state index in [4.69, 9.17) is 16.3 Å². The molecule has 0 bridgehead atoms. The normalized spacial score (nSPS) is 23.3. The Morgan fingerprint density at radius 3 is 2.81 bits per heavy atom. The van der Waals surface area contributed by atoms with Gasteiger partial charge in [-0.05, 0) is 51.1 Å². The molecule has 2 unspecified atom stereocenters. The number of likely N-dealkylation sites (tertiary alicyclic amines) is 1. The summed E-state index contributed by atoms with van der Waals surface area (Å²) in [6.07, 6.45) is 3.60. The minimum atomic E-state index is 0. The van der Waals surface area contributed by atoms with Gasteiger partial charge in [-0.25, -0.2) is 0 Å². The highest BCUT2D eigenvalue weighted by Gasteiger charge is 2.26. The van der Waals surface area contributed by atoms with Crippen molar-refractivity contribution in [3.8, 4) is 5.75 Å². The van der Waals surface area contributed by atoms with Crippen LogP contribution in [-0.4, -0.2) is 70.3 Å². The van der Waals surface area contributed by atoms with Crippen molar-refractivity contribution in [3.63, 3.8) is 0 Å². The number of likely N-dealkylation sites (N-methyl/N-ethyl adjacent to an activating group) is 1. The first-order valence-electron chi connectivity index (χ1n) is 9.36. The van der Waals surface area contributed by atoms with E-state index in [-0.39, 0.29) is 24.0 Å². The monoisotopic (exact) mass is 507 g/mol. The largest absolute Gasteiger partial charge is 0.495 e. The molecule has 2 aliphatic rings. The van der Waals surface area contributed by atoms with Gasteiger partial charge in [-0.2, -0.15) is 0 Å². The second kappa shape index (κ2) is 10.6. The van der Waals surface area contributed by atoms with Crippen molar-refractivity contribution in [2.75, 3.05) is 52.3 Å². The molecule has 2 heterocycles. The van der Waals surface area contributed by atoms with Crippen LogP contribution in [0.4, 0.5) is 5.69 Å². The summed E-state index contributed by atoms with van der Waals surface area (Å²) >= 11 is 6.18. The number of anilines is 1. The zero-order valence-corrected chi connectivity index (χ0v) is 19.5. The van der Waals surface area contributed by atoms with E-state index >= 15 is 0 Å². The molecule has 2 fully saturated rings. The molecule has 2 atom stereocenters. The van der Waals surface area contributed by atoms with Crippen molar-refractivity contribution in [3.05, 3.63) is 23.2 Å².